The van der Waals surface area contributed by atoms with Gasteiger partial charge in [0.2, 0.25) is 6.79 Å². The first kappa shape index (κ1) is 18.9. The highest BCUT2D eigenvalue weighted by molar-refractivity contribution is 7.13. The molecule has 2 N–H and O–H groups in total. The maximum atomic E-state index is 13.3. The van der Waals surface area contributed by atoms with E-state index in [4.69, 9.17) is 9.47 Å². The lowest BCUT2D eigenvalue weighted by Gasteiger charge is -2.06. The molecule has 0 fully saturated rings. The highest BCUT2D eigenvalue weighted by Gasteiger charge is 2.17. The molecule has 0 saturated heterocycles. The minimum Gasteiger partial charge on any atom is -0.454 e. The van der Waals surface area contributed by atoms with Crippen LogP contribution in [-0.2, 0) is 16.0 Å². The second kappa shape index (κ2) is 8.27. The molecule has 4 rings (SSSR count). The first-order valence-corrected chi connectivity index (χ1v) is 9.65. The first-order valence-electron chi connectivity index (χ1n) is 8.78. The molecule has 2 heterocycles. The zero-order chi connectivity index (χ0) is 20.2. The van der Waals surface area contributed by atoms with Gasteiger partial charge in [-0.3, -0.25) is 9.59 Å². The van der Waals surface area contributed by atoms with Gasteiger partial charge in [0.25, 0.3) is 0 Å². The molecular formula is C20H16FN3O4S. The highest BCUT2D eigenvalue weighted by atomic mass is 32.1. The van der Waals surface area contributed by atoms with Crippen molar-refractivity contribution < 1.29 is 23.5 Å². The van der Waals surface area contributed by atoms with E-state index in [2.05, 4.69) is 15.6 Å². The Balaban J connectivity index is 1.27. The maximum Gasteiger partial charge on any atom is 0.313 e. The number of nitrogens with one attached hydrogen (secondary N) is 2. The van der Waals surface area contributed by atoms with Crippen LogP contribution < -0.4 is 20.1 Å². The molecule has 0 unspecified atom stereocenters. The molecule has 1 aliphatic rings. The lowest BCUT2D eigenvalue weighted by molar-refractivity contribution is -0.136. The molecule has 3 aromatic rings. The fourth-order valence-corrected chi connectivity index (χ4v) is 3.57. The van der Waals surface area contributed by atoms with Crippen LogP contribution in [0.15, 0.2) is 47.8 Å². The molecule has 2 amide bonds. The number of thiazole rings is 1. The van der Waals surface area contributed by atoms with E-state index in [0.29, 0.717) is 34.2 Å². The summed E-state index contributed by atoms with van der Waals surface area (Å²) in [7, 11) is 0. The quantitative estimate of drug-likeness (QED) is 0.628. The topological polar surface area (TPSA) is 89.6 Å². The number of hydrogen-bond donors (Lipinski definition) is 2. The van der Waals surface area contributed by atoms with Crippen molar-refractivity contribution in [3.8, 4) is 22.1 Å². The van der Waals surface area contributed by atoms with E-state index in [1.807, 2.05) is 5.38 Å². The van der Waals surface area contributed by atoms with Crippen LogP contribution in [0, 0.1) is 5.82 Å². The van der Waals surface area contributed by atoms with E-state index in [-0.39, 0.29) is 19.2 Å². The largest absolute Gasteiger partial charge is 0.454 e. The Morgan fingerprint density at radius 1 is 1.10 bits per heavy atom. The fraction of sp³-hybridized carbons (Fsp3) is 0.150. The molecular weight excluding hydrogens is 397 g/mol. The Morgan fingerprint density at radius 3 is 2.83 bits per heavy atom. The molecule has 0 bridgehead atoms. The minimum absolute atomic E-state index is 0.130. The van der Waals surface area contributed by atoms with Crippen LogP contribution in [0.3, 0.4) is 0 Å². The van der Waals surface area contributed by atoms with Gasteiger partial charge < -0.3 is 20.1 Å². The van der Waals surface area contributed by atoms with Crippen LogP contribution in [0.4, 0.5) is 10.1 Å². The summed E-state index contributed by atoms with van der Waals surface area (Å²) in [5, 5.41) is 7.62. The smallest absolute Gasteiger partial charge is 0.313 e. The van der Waals surface area contributed by atoms with E-state index in [1.54, 1.807) is 30.3 Å². The van der Waals surface area contributed by atoms with Crippen molar-refractivity contribution in [2.45, 2.75) is 6.42 Å². The van der Waals surface area contributed by atoms with Gasteiger partial charge in [0, 0.05) is 35.7 Å². The number of nitrogens with zero attached hydrogens (tertiary/aromatic N) is 1. The Morgan fingerprint density at radius 2 is 1.97 bits per heavy atom. The van der Waals surface area contributed by atoms with Gasteiger partial charge in [0.15, 0.2) is 11.5 Å². The monoisotopic (exact) mass is 413 g/mol. The number of carbonyl (C=O) groups is 2. The van der Waals surface area contributed by atoms with Crippen molar-refractivity contribution in [1.82, 2.24) is 10.3 Å². The van der Waals surface area contributed by atoms with E-state index in [9.17, 15) is 14.0 Å². The molecule has 0 radical (unpaired) electrons. The van der Waals surface area contributed by atoms with Crippen molar-refractivity contribution in [3.05, 3.63) is 59.4 Å². The van der Waals surface area contributed by atoms with Crippen molar-refractivity contribution in [2.24, 2.45) is 0 Å². The molecule has 0 spiro atoms. The Labute approximate surface area is 169 Å². The molecule has 2 aromatic carbocycles. The van der Waals surface area contributed by atoms with Crippen molar-refractivity contribution in [3.63, 3.8) is 0 Å². The molecule has 0 atom stereocenters. The fourth-order valence-electron chi connectivity index (χ4n) is 2.72. The van der Waals surface area contributed by atoms with Gasteiger partial charge in [0.05, 0.1) is 5.69 Å². The average Bonchev–Trinajstić information content (AvgIpc) is 3.37. The van der Waals surface area contributed by atoms with Gasteiger partial charge in [-0.2, -0.15) is 0 Å². The number of rotatable bonds is 5. The Hall–Kier alpha value is -3.46. The molecule has 7 nitrogen and oxygen atoms in total. The third kappa shape index (κ3) is 4.52. The van der Waals surface area contributed by atoms with Gasteiger partial charge in [-0.25, -0.2) is 9.37 Å². The third-order valence-electron chi connectivity index (χ3n) is 4.13. The third-order valence-corrected chi connectivity index (χ3v) is 5.07. The normalized spacial score (nSPS) is 11.9. The zero-order valence-corrected chi connectivity index (χ0v) is 15.9. The van der Waals surface area contributed by atoms with Crippen LogP contribution in [0.1, 0.15) is 5.69 Å². The zero-order valence-electron chi connectivity index (χ0n) is 15.1. The van der Waals surface area contributed by atoms with Crippen molar-refractivity contribution >= 4 is 28.8 Å². The van der Waals surface area contributed by atoms with Crippen LogP contribution in [0.2, 0.25) is 0 Å². The van der Waals surface area contributed by atoms with Gasteiger partial charge in [-0.05, 0) is 24.3 Å². The summed E-state index contributed by atoms with van der Waals surface area (Å²) in [5.41, 5.74) is 1.90. The number of halogens is 1. The SMILES string of the molecule is O=C(NCCc1csc(-c2cccc(F)c2)n1)C(=O)Nc1ccc2c(c1)OCO2. The van der Waals surface area contributed by atoms with E-state index in [0.717, 1.165) is 5.69 Å². The van der Waals surface area contributed by atoms with Gasteiger partial charge in [-0.15, -0.1) is 11.3 Å². The molecule has 0 aliphatic carbocycles. The minimum atomic E-state index is -0.775. The summed E-state index contributed by atoms with van der Waals surface area (Å²) in [6.07, 6.45) is 0.453. The molecule has 148 valence electrons. The van der Waals surface area contributed by atoms with Crippen molar-refractivity contribution in [2.75, 3.05) is 18.7 Å². The van der Waals surface area contributed by atoms with Crippen LogP contribution in [-0.4, -0.2) is 30.1 Å². The number of anilines is 1. The van der Waals surface area contributed by atoms with E-state index >= 15 is 0 Å². The number of ether oxygens (including phenoxy) is 2. The summed E-state index contributed by atoms with van der Waals surface area (Å²) < 4.78 is 23.8. The van der Waals surface area contributed by atoms with Crippen LogP contribution in [0.5, 0.6) is 11.5 Å². The number of aromatic nitrogens is 1. The summed E-state index contributed by atoms with van der Waals surface area (Å²) in [5.74, 6) is -0.736. The molecule has 9 heteroatoms. The number of fused-ring (bicyclic) bond motifs is 1. The number of carbonyl (C=O) groups excluding carboxylic acids is 2. The second-order valence-corrected chi connectivity index (χ2v) is 7.04. The summed E-state index contributed by atoms with van der Waals surface area (Å²) in [4.78, 5) is 28.5. The second-order valence-electron chi connectivity index (χ2n) is 6.18. The number of benzene rings is 2. The van der Waals surface area contributed by atoms with E-state index < -0.39 is 11.8 Å². The van der Waals surface area contributed by atoms with Gasteiger partial charge >= 0.3 is 11.8 Å². The lowest BCUT2D eigenvalue weighted by atomic mass is 10.2. The summed E-state index contributed by atoms with van der Waals surface area (Å²) >= 11 is 1.40. The lowest BCUT2D eigenvalue weighted by Crippen LogP contribution is -2.36. The first-order chi connectivity index (χ1) is 14.1. The molecule has 1 aromatic heterocycles. The van der Waals surface area contributed by atoms with Gasteiger partial charge in [-0.1, -0.05) is 12.1 Å². The standard InChI is InChI=1S/C20H16FN3O4S/c21-13-3-1-2-12(8-13)20-24-15(10-29-20)6-7-22-18(25)19(26)23-14-4-5-16-17(9-14)28-11-27-16/h1-5,8-10H,6-7,11H2,(H,22,25)(H,23,26). The molecule has 1 aliphatic heterocycles. The average molecular weight is 413 g/mol. The predicted octanol–water partition coefficient (Wildman–Crippen LogP) is 2.98. The van der Waals surface area contributed by atoms with Crippen LogP contribution >= 0.6 is 11.3 Å². The van der Waals surface area contributed by atoms with Crippen LogP contribution in [0.25, 0.3) is 10.6 Å². The molecule has 29 heavy (non-hydrogen) atoms. The van der Waals surface area contributed by atoms with Crippen molar-refractivity contribution in [1.29, 1.82) is 0 Å². The number of amides is 2. The Bertz CT molecular complexity index is 1070. The molecule has 0 saturated carbocycles. The van der Waals surface area contributed by atoms with Gasteiger partial charge in [0.1, 0.15) is 10.8 Å². The summed E-state index contributed by atoms with van der Waals surface area (Å²) in [6, 6.07) is 11.1. The Kier molecular flexibility index (Phi) is 5.39. The number of hydrogen-bond acceptors (Lipinski definition) is 6. The van der Waals surface area contributed by atoms with E-state index in [1.165, 1.54) is 23.5 Å². The predicted molar refractivity (Wildman–Crippen MR) is 105 cm³/mol. The highest BCUT2D eigenvalue weighted by Crippen LogP contribution is 2.34. The maximum absolute atomic E-state index is 13.3. The summed E-state index contributed by atoms with van der Waals surface area (Å²) in [6.45, 7) is 0.379.